The average Bonchev–Trinajstić information content (AvgIpc) is 2.72. The highest BCUT2D eigenvalue weighted by Crippen LogP contribution is 2.18. The molecule has 0 saturated heterocycles. The molecule has 0 aliphatic carbocycles. The molecular weight excluding hydrogens is 475 g/mol. The van der Waals surface area contributed by atoms with Crippen LogP contribution < -0.4 is 15.8 Å². The van der Waals surface area contributed by atoms with E-state index in [0.29, 0.717) is 25.0 Å². The number of aromatic nitrogens is 1. The number of pyridine rings is 1. The van der Waals surface area contributed by atoms with Crippen LogP contribution in [0.3, 0.4) is 0 Å². The number of nitrogens with two attached hydrogens (primary N) is 1. The van der Waals surface area contributed by atoms with Crippen LogP contribution in [0.2, 0.25) is 0 Å². The summed E-state index contributed by atoms with van der Waals surface area (Å²) in [7, 11) is 0. The third kappa shape index (κ3) is 7.38. The van der Waals surface area contributed by atoms with Gasteiger partial charge in [-0.2, -0.15) is 0 Å². The van der Waals surface area contributed by atoms with Crippen LogP contribution in [-0.2, 0) is 13.2 Å². The summed E-state index contributed by atoms with van der Waals surface area (Å²) in [6.45, 7) is 5.29. The molecule has 3 aromatic rings. The van der Waals surface area contributed by atoms with E-state index in [1.54, 1.807) is 6.20 Å². The standard InChI is InChI=1S/C23H26N4O.HI/c1-17(2)19-6-5-8-20(14-19)27-23(24)26-15-18-9-11-22(12-10-18)28-16-21-7-3-4-13-25-21;/h3-14,17H,15-16H2,1-2H3,(H3,24,26,27);1H. The molecule has 29 heavy (non-hydrogen) atoms. The summed E-state index contributed by atoms with van der Waals surface area (Å²) in [5.74, 6) is 1.67. The predicted octanol–water partition coefficient (Wildman–Crippen LogP) is 5.33. The van der Waals surface area contributed by atoms with Gasteiger partial charge in [-0.25, -0.2) is 4.99 Å². The summed E-state index contributed by atoms with van der Waals surface area (Å²) < 4.78 is 5.75. The zero-order valence-corrected chi connectivity index (χ0v) is 19.0. The number of anilines is 1. The van der Waals surface area contributed by atoms with Crippen molar-refractivity contribution in [1.82, 2.24) is 4.98 Å². The lowest BCUT2D eigenvalue weighted by Gasteiger charge is -2.10. The molecule has 0 aliphatic heterocycles. The zero-order chi connectivity index (χ0) is 19.8. The highest BCUT2D eigenvalue weighted by molar-refractivity contribution is 14.0. The first-order valence-corrected chi connectivity index (χ1v) is 9.39. The Hall–Kier alpha value is -2.61. The maximum Gasteiger partial charge on any atom is 0.193 e. The van der Waals surface area contributed by atoms with Crippen molar-refractivity contribution in [3.63, 3.8) is 0 Å². The maximum absolute atomic E-state index is 6.03. The Kier molecular flexibility index (Phi) is 8.92. The highest BCUT2D eigenvalue weighted by Gasteiger charge is 2.02. The third-order valence-electron chi connectivity index (χ3n) is 4.29. The van der Waals surface area contributed by atoms with E-state index in [-0.39, 0.29) is 24.0 Å². The fourth-order valence-corrected chi connectivity index (χ4v) is 2.67. The number of hydrogen-bond donors (Lipinski definition) is 2. The second-order valence-corrected chi connectivity index (χ2v) is 6.86. The molecule has 152 valence electrons. The van der Waals surface area contributed by atoms with Gasteiger partial charge in [0.15, 0.2) is 5.96 Å². The monoisotopic (exact) mass is 502 g/mol. The second kappa shape index (κ2) is 11.4. The van der Waals surface area contributed by atoms with Gasteiger partial charge in [0.1, 0.15) is 12.4 Å². The Morgan fingerprint density at radius 3 is 2.55 bits per heavy atom. The molecule has 0 saturated carbocycles. The molecule has 0 amide bonds. The molecule has 3 rings (SSSR count). The van der Waals surface area contributed by atoms with E-state index in [0.717, 1.165) is 22.7 Å². The van der Waals surface area contributed by atoms with Gasteiger partial charge >= 0.3 is 0 Å². The summed E-state index contributed by atoms with van der Waals surface area (Å²) in [4.78, 5) is 8.67. The lowest BCUT2D eigenvalue weighted by atomic mass is 10.0. The van der Waals surface area contributed by atoms with Gasteiger partial charge in [-0.1, -0.05) is 44.2 Å². The van der Waals surface area contributed by atoms with Crippen molar-refractivity contribution >= 4 is 35.6 Å². The number of ether oxygens (including phenoxy) is 1. The first kappa shape index (κ1) is 22.7. The van der Waals surface area contributed by atoms with Crippen LogP contribution in [0, 0.1) is 0 Å². The van der Waals surface area contributed by atoms with Crippen molar-refractivity contribution in [2.45, 2.75) is 32.9 Å². The molecule has 1 aromatic heterocycles. The van der Waals surface area contributed by atoms with E-state index in [4.69, 9.17) is 10.5 Å². The van der Waals surface area contributed by atoms with Gasteiger partial charge in [-0.05, 0) is 53.4 Å². The van der Waals surface area contributed by atoms with Crippen LogP contribution in [0.4, 0.5) is 5.69 Å². The fourth-order valence-electron chi connectivity index (χ4n) is 2.67. The van der Waals surface area contributed by atoms with Gasteiger partial charge in [0, 0.05) is 11.9 Å². The highest BCUT2D eigenvalue weighted by atomic mass is 127. The van der Waals surface area contributed by atoms with E-state index in [9.17, 15) is 0 Å². The average molecular weight is 502 g/mol. The summed E-state index contributed by atoms with van der Waals surface area (Å²) in [5.41, 5.74) is 10.2. The van der Waals surface area contributed by atoms with Crippen LogP contribution in [0.25, 0.3) is 0 Å². The molecule has 0 unspecified atom stereocenters. The van der Waals surface area contributed by atoms with Gasteiger partial charge in [-0.15, -0.1) is 24.0 Å². The molecule has 0 aliphatic rings. The minimum Gasteiger partial charge on any atom is -0.487 e. The number of nitrogens with one attached hydrogen (secondary N) is 1. The number of benzene rings is 2. The number of aliphatic imine (C=N–C) groups is 1. The first-order chi connectivity index (χ1) is 13.6. The Bertz CT molecular complexity index is 912. The van der Waals surface area contributed by atoms with Gasteiger partial charge in [-0.3, -0.25) is 4.98 Å². The maximum atomic E-state index is 6.03. The van der Waals surface area contributed by atoms with E-state index in [2.05, 4.69) is 41.3 Å². The van der Waals surface area contributed by atoms with Crippen molar-refractivity contribution in [2.24, 2.45) is 10.7 Å². The van der Waals surface area contributed by atoms with Gasteiger partial charge in [0.2, 0.25) is 0 Å². The number of halogens is 1. The summed E-state index contributed by atoms with van der Waals surface area (Å²) in [6.07, 6.45) is 1.76. The number of rotatable bonds is 7. The Labute approximate surface area is 189 Å². The molecule has 1 heterocycles. The smallest absolute Gasteiger partial charge is 0.193 e. The van der Waals surface area contributed by atoms with Crippen LogP contribution in [0.1, 0.15) is 36.6 Å². The van der Waals surface area contributed by atoms with E-state index < -0.39 is 0 Å². The normalized spacial score (nSPS) is 11.1. The fraction of sp³-hybridized carbons (Fsp3) is 0.217. The molecule has 0 radical (unpaired) electrons. The third-order valence-corrected chi connectivity index (χ3v) is 4.29. The zero-order valence-electron chi connectivity index (χ0n) is 16.7. The molecular formula is C23H27IN4O. The van der Waals surface area contributed by atoms with E-state index in [1.165, 1.54) is 5.56 Å². The van der Waals surface area contributed by atoms with Gasteiger partial charge in [0.25, 0.3) is 0 Å². The molecule has 0 spiro atoms. The van der Waals surface area contributed by atoms with E-state index >= 15 is 0 Å². The first-order valence-electron chi connectivity index (χ1n) is 9.39. The molecule has 3 N–H and O–H groups in total. The molecule has 0 atom stereocenters. The van der Waals surface area contributed by atoms with Crippen molar-refractivity contribution < 1.29 is 4.74 Å². The van der Waals surface area contributed by atoms with Crippen molar-refractivity contribution in [1.29, 1.82) is 0 Å². The summed E-state index contributed by atoms with van der Waals surface area (Å²) >= 11 is 0. The number of nitrogens with zero attached hydrogens (tertiary/aromatic N) is 2. The SMILES string of the molecule is CC(C)c1cccc(NC(N)=NCc2ccc(OCc3ccccn3)cc2)c1.I. The Balaban J connectivity index is 0.00000300. The van der Waals surface area contributed by atoms with Crippen LogP contribution >= 0.6 is 24.0 Å². The largest absolute Gasteiger partial charge is 0.487 e. The quantitative estimate of drug-likeness (QED) is 0.260. The van der Waals surface area contributed by atoms with Crippen molar-refractivity contribution in [3.8, 4) is 5.75 Å². The molecule has 6 heteroatoms. The molecule has 2 aromatic carbocycles. The number of guanidine groups is 1. The molecule has 5 nitrogen and oxygen atoms in total. The van der Waals surface area contributed by atoms with Crippen molar-refractivity contribution in [3.05, 3.63) is 89.7 Å². The van der Waals surface area contributed by atoms with Crippen LogP contribution in [0.5, 0.6) is 5.75 Å². The Morgan fingerprint density at radius 1 is 1.07 bits per heavy atom. The molecule has 0 fully saturated rings. The summed E-state index contributed by atoms with van der Waals surface area (Å²) in [6, 6.07) is 21.8. The van der Waals surface area contributed by atoms with E-state index in [1.807, 2.05) is 54.6 Å². The second-order valence-electron chi connectivity index (χ2n) is 6.86. The van der Waals surface area contributed by atoms with Crippen molar-refractivity contribution in [2.75, 3.05) is 5.32 Å². The lowest BCUT2D eigenvalue weighted by Crippen LogP contribution is -2.22. The van der Waals surface area contributed by atoms with Gasteiger partial charge < -0.3 is 15.8 Å². The van der Waals surface area contributed by atoms with Crippen LogP contribution in [0.15, 0.2) is 77.9 Å². The number of hydrogen-bond acceptors (Lipinski definition) is 3. The summed E-state index contributed by atoms with van der Waals surface area (Å²) in [5, 5.41) is 3.15. The lowest BCUT2D eigenvalue weighted by molar-refractivity contribution is 0.301. The minimum absolute atomic E-state index is 0. The van der Waals surface area contributed by atoms with Crippen LogP contribution in [-0.4, -0.2) is 10.9 Å². The topological polar surface area (TPSA) is 72.5 Å². The Morgan fingerprint density at radius 2 is 1.86 bits per heavy atom. The minimum atomic E-state index is 0. The van der Waals surface area contributed by atoms with Gasteiger partial charge in [0.05, 0.1) is 12.2 Å². The predicted molar refractivity (Wildman–Crippen MR) is 130 cm³/mol. The molecule has 0 bridgehead atoms.